The lowest BCUT2D eigenvalue weighted by Gasteiger charge is -2.23. The van der Waals surface area contributed by atoms with Gasteiger partial charge in [0.25, 0.3) is 11.8 Å². The van der Waals surface area contributed by atoms with Gasteiger partial charge in [0.1, 0.15) is 34.6 Å². The van der Waals surface area contributed by atoms with Crippen LogP contribution in [0.1, 0.15) is 95.5 Å². The first kappa shape index (κ1) is 54.1. The maximum atomic E-state index is 15.3. The quantitative estimate of drug-likeness (QED) is 0.0617. The molecule has 3 N–H and O–H groups in total. The summed E-state index contributed by atoms with van der Waals surface area (Å²) in [6, 6.07) is 19.4. The Labute approximate surface area is 416 Å². The normalized spacial score (nSPS) is 15.6. The van der Waals surface area contributed by atoms with Crippen molar-refractivity contribution in [2.45, 2.75) is 71.3 Å². The van der Waals surface area contributed by atoms with Crippen molar-refractivity contribution in [2.24, 2.45) is 0 Å². The number of amides is 2. The molecule has 0 radical (unpaired) electrons. The van der Waals surface area contributed by atoms with E-state index < -0.39 is 85.1 Å². The van der Waals surface area contributed by atoms with Crippen LogP contribution in [-0.4, -0.2) is 84.5 Å². The van der Waals surface area contributed by atoms with Gasteiger partial charge in [-0.3, -0.25) is 29.0 Å². The number of carbonyl (C=O) groups is 4. The number of hydrogen-bond donors (Lipinski definition) is 3. The Morgan fingerprint density at radius 3 is 1.43 bits per heavy atom. The maximum absolute atomic E-state index is 15.3. The minimum absolute atomic E-state index is 0.0213. The first-order valence-electron chi connectivity index (χ1n) is 22.9. The molecule has 0 spiro atoms. The van der Waals surface area contributed by atoms with Crippen LogP contribution < -0.4 is 28.7 Å². The van der Waals surface area contributed by atoms with E-state index >= 15 is 8.78 Å². The topological polar surface area (TPSA) is 182 Å². The molecule has 0 saturated heterocycles. The van der Waals surface area contributed by atoms with E-state index in [-0.39, 0.29) is 111 Å². The number of nitrogens with zero attached hydrogens (tertiary/aromatic N) is 2. The fraction of sp³-hybridized carbons (Fsp3) is 0.308. The molecular formula is C52H46F8N2O12. The highest BCUT2D eigenvalue weighted by atomic mass is 19.4. The number of aliphatic hydroxyl groups is 2. The van der Waals surface area contributed by atoms with E-state index in [2.05, 4.69) is 0 Å². The van der Waals surface area contributed by atoms with Crippen LogP contribution in [0.4, 0.5) is 46.5 Å². The van der Waals surface area contributed by atoms with Crippen LogP contribution in [0.3, 0.4) is 0 Å². The second-order valence-corrected chi connectivity index (χ2v) is 16.5. The molecule has 2 aliphatic heterocycles. The van der Waals surface area contributed by atoms with Crippen molar-refractivity contribution in [1.82, 2.24) is 0 Å². The zero-order chi connectivity index (χ0) is 54.0. The lowest BCUT2D eigenvalue weighted by molar-refractivity contribution is -0.154. The molecule has 3 unspecified atom stereocenters. The Morgan fingerprint density at radius 1 is 0.595 bits per heavy atom. The van der Waals surface area contributed by atoms with Crippen molar-refractivity contribution < 1.29 is 93.3 Å². The van der Waals surface area contributed by atoms with Gasteiger partial charge >= 0.3 is 24.3 Å². The Morgan fingerprint density at radius 2 is 1.01 bits per heavy atom. The van der Waals surface area contributed by atoms with E-state index in [1.165, 1.54) is 36.4 Å². The summed E-state index contributed by atoms with van der Waals surface area (Å²) in [5, 5.41) is 32.7. The van der Waals surface area contributed by atoms with E-state index in [1.54, 1.807) is 58.0 Å². The first-order valence-corrected chi connectivity index (χ1v) is 22.9. The number of aliphatic hydroxyl groups excluding tert-OH is 2. The molecule has 0 aliphatic carbocycles. The fourth-order valence-electron chi connectivity index (χ4n) is 8.84. The van der Waals surface area contributed by atoms with Gasteiger partial charge in [-0.05, 0) is 62.6 Å². The number of aliphatic carboxylic acids is 1. The van der Waals surface area contributed by atoms with Crippen molar-refractivity contribution in [3.8, 4) is 23.0 Å². The van der Waals surface area contributed by atoms with E-state index in [9.17, 15) is 60.8 Å². The Hall–Kier alpha value is -7.72. The molecule has 2 amide bonds. The number of halogens is 8. The van der Waals surface area contributed by atoms with E-state index in [4.69, 9.17) is 23.7 Å². The number of rotatable bonds is 16. The van der Waals surface area contributed by atoms with Gasteiger partial charge in [0.2, 0.25) is 0 Å². The van der Waals surface area contributed by atoms with Crippen LogP contribution >= 0.6 is 0 Å². The van der Waals surface area contributed by atoms with Gasteiger partial charge in [-0.2, -0.15) is 26.3 Å². The third-order valence-electron chi connectivity index (χ3n) is 11.8. The molecular weight excluding hydrogens is 997 g/mol. The molecule has 6 aromatic carbocycles. The Balaban J connectivity index is 0.000000216. The maximum Gasteiger partial charge on any atom is 0.422 e. The lowest BCUT2D eigenvalue weighted by Crippen LogP contribution is -2.29. The summed E-state index contributed by atoms with van der Waals surface area (Å²) >= 11 is 0. The van der Waals surface area contributed by atoms with Crippen LogP contribution in [0.25, 0.3) is 21.5 Å². The molecule has 74 heavy (non-hydrogen) atoms. The molecule has 6 aromatic rings. The zero-order valence-corrected chi connectivity index (χ0v) is 39.7. The number of hydrogen-bond acceptors (Lipinski definition) is 11. The van der Waals surface area contributed by atoms with Gasteiger partial charge in [-0.15, -0.1) is 0 Å². The van der Waals surface area contributed by atoms with Crippen molar-refractivity contribution >= 4 is 56.7 Å². The summed E-state index contributed by atoms with van der Waals surface area (Å²) in [6.07, 6.45) is -13.1. The van der Waals surface area contributed by atoms with Crippen LogP contribution in [-0.2, 0) is 20.7 Å². The molecule has 8 rings (SSSR count). The lowest BCUT2D eigenvalue weighted by atomic mass is 9.96. The molecule has 0 saturated carbocycles. The highest BCUT2D eigenvalue weighted by molar-refractivity contribution is 6.18. The summed E-state index contributed by atoms with van der Waals surface area (Å²) in [5.41, 5.74) is -1.30. The number of ether oxygens (including phenoxy) is 5. The smallest absolute Gasteiger partial charge is 0.422 e. The third-order valence-corrected chi connectivity index (χ3v) is 11.8. The van der Waals surface area contributed by atoms with Gasteiger partial charge in [-0.1, -0.05) is 67.6 Å². The first-order chi connectivity index (χ1) is 35.1. The summed E-state index contributed by atoms with van der Waals surface area (Å²) in [7, 11) is 0. The minimum atomic E-state index is -4.71. The summed E-state index contributed by atoms with van der Waals surface area (Å²) in [4.78, 5) is 51.8. The predicted octanol–water partition coefficient (Wildman–Crippen LogP) is 10.6. The number of fused-ring (bicyclic) bond motifs is 4. The molecule has 0 fully saturated rings. The minimum Gasteiger partial charge on any atom is -0.493 e. The van der Waals surface area contributed by atoms with Gasteiger partial charge in [0.05, 0.1) is 65.8 Å². The third kappa shape index (κ3) is 10.7. The Bertz CT molecular complexity index is 3140. The molecule has 2 heterocycles. The van der Waals surface area contributed by atoms with Gasteiger partial charge < -0.3 is 39.0 Å². The van der Waals surface area contributed by atoms with Crippen LogP contribution in [0.2, 0.25) is 0 Å². The fourth-order valence-corrected chi connectivity index (χ4v) is 8.84. The number of esters is 1. The molecule has 2 aliphatic rings. The van der Waals surface area contributed by atoms with E-state index in [0.717, 1.165) is 23.1 Å². The number of carbonyl (C=O) groups excluding carboxylic acids is 3. The second-order valence-electron chi connectivity index (χ2n) is 16.5. The highest BCUT2D eigenvalue weighted by Crippen LogP contribution is 2.52. The van der Waals surface area contributed by atoms with Gasteiger partial charge in [0.15, 0.2) is 25.7 Å². The predicted molar refractivity (Wildman–Crippen MR) is 251 cm³/mol. The van der Waals surface area contributed by atoms with Crippen LogP contribution in [0.15, 0.2) is 84.9 Å². The molecule has 0 bridgehead atoms. The second kappa shape index (κ2) is 21.8. The van der Waals surface area contributed by atoms with Gasteiger partial charge in [0, 0.05) is 21.5 Å². The highest BCUT2D eigenvalue weighted by Gasteiger charge is 2.47. The Kier molecular flexibility index (Phi) is 15.9. The van der Waals surface area contributed by atoms with Crippen molar-refractivity contribution in [2.75, 3.05) is 42.8 Å². The summed E-state index contributed by atoms with van der Waals surface area (Å²) in [5.74, 6) is -7.17. The van der Waals surface area contributed by atoms with Crippen molar-refractivity contribution in [3.05, 3.63) is 130 Å². The zero-order valence-electron chi connectivity index (χ0n) is 39.7. The van der Waals surface area contributed by atoms with E-state index in [1.807, 2.05) is 0 Å². The monoisotopic (exact) mass is 1040 g/mol. The van der Waals surface area contributed by atoms with Crippen molar-refractivity contribution in [1.29, 1.82) is 0 Å². The van der Waals surface area contributed by atoms with Crippen LogP contribution in [0, 0.1) is 11.6 Å². The molecule has 0 aromatic heterocycles. The number of anilines is 2. The number of benzene rings is 6. The SMILES string of the molecule is CCOC(=O)Cc1ccc(N2C(=O)c3c(c(OCC)c4ccccc4c3OCC(F)(F)F)C2O)c(F)c1.CCOc1c2c(c(OCC(F)(F)F)c3ccccc13)C(O)N(c1ccc(C(CC)C(=O)O)cc1F)C2=O. The molecule has 392 valence electrons. The molecule has 3 atom stereocenters. The largest absolute Gasteiger partial charge is 0.493 e. The standard InChI is InChI=1S/2C26H23F4NO6/c1-3-35-19(32)12-14-9-10-18(17(27)11-14)31-24(33)20-21(25(31)34)23(37-13-26(28,29)30)16-8-6-5-7-15(16)22(20)36-4-2;1-3-14(25(34)35)13-9-10-18(17(27)11-13)31-23(32)19-20(24(31)33)22(37-12-26(28,29)30)16-8-6-5-7-15(16)21(19)36-4-2/h5-11,24,33H,3-4,12-13H2,1-2H3;5-11,14,24,33H,3-4,12H2,1-2H3,(H,34,35). The molecule has 22 heteroatoms. The average Bonchev–Trinajstić information content (AvgIpc) is 3.74. The number of carboxylic acid groups (broad SMARTS) is 1. The van der Waals surface area contributed by atoms with Crippen LogP contribution in [0.5, 0.6) is 23.0 Å². The number of carboxylic acids is 1. The summed E-state index contributed by atoms with van der Waals surface area (Å²) in [6.45, 7) is 3.57. The molecule has 14 nitrogen and oxygen atoms in total. The average molecular weight is 1040 g/mol. The van der Waals surface area contributed by atoms with Gasteiger partial charge in [-0.25, -0.2) is 8.78 Å². The number of alkyl halides is 6. The van der Waals surface area contributed by atoms with E-state index in [0.29, 0.717) is 10.3 Å². The summed E-state index contributed by atoms with van der Waals surface area (Å²) < 4.78 is 135. The van der Waals surface area contributed by atoms with Crippen molar-refractivity contribution in [3.63, 3.8) is 0 Å².